The minimum atomic E-state index is -4.16. The smallest absolute Gasteiger partial charge is 0.282 e. The van der Waals surface area contributed by atoms with Crippen molar-refractivity contribution in [1.82, 2.24) is 0 Å². The minimum Gasteiger partial charge on any atom is -0.282 e. The van der Waals surface area contributed by atoms with E-state index < -0.39 is 10.1 Å². The molecule has 0 saturated carbocycles. The molecule has 0 bridgehead atoms. The summed E-state index contributed by atoms with van der Waals surface area (Å²) in [4.78, 5) is -0.0825. The van der Waals surface area contributed by atoms with Gasteiger partial charge in [0.05, 0.1) is 4.90 Å². The van der Waals surface area contributed by atoms with Crippen LogP contribution < -0.4 is 0 Å². The van der Waals surface area contributed by atoms with Gasteiger partial charge in [-0.1, -0.05) is 30.3 Å². The fourth-order valence-corrected chi connectivity index (χ4v) is 2.41. The van der Waals surface area contributed by atoms with Gasteiger partial charge in [-0.25, -0.2) is 0 Å². The topological polar surface area (TPSA) is 54.4 Å². The van der Waals surface area contributed by atoms with Gasteiger partial charge in [-0.05, 0) is 48.2 Å². The van der Waals surface area contributed by atoms with E-state index in [1.54, 1.807) is 6.07 Å². The monoisotopic (exact) mass is 262 g/mol. The average Bonchev–Trinajstić information content (AvgIpc) is 2.32. The molecule has 0 spiro atoms. The Morgan fingerprint density at radius 2 is 1.67 bits per heavy atom. The van der Waals surface area contributed by atoms with Crippen LogP contribution in [0.15, 0.2) is 47.4 Å². The molecule has 0 atom stereocenters. The van der Waals surface area contributed by atoms with Crippen molar-refractivity contribution in [2.45, 2.75) is 18.7 Å². The van der Waals surface area contributed by atoms with Gasteiger partial charge in [0.1, 0.15) is 0 Å². The van der Waals surface area contributed by atoms with Crippen molar-refractivity contribution in [2.24, 2.45) is 0 Å². The molecule has 0 fully saturated rings. The number of benzene rings is 2. The van der Waals surface area contributed by atoms with Crippen LogP contribution in [0.5, 0.6) is 0 Å². The van der Waals surface area contributed by atoms with Crippen molar-refractivity contribution < 1.29 is 13.0 Å². The molecule has 0 aliphatic carbocycles. The fourth-order valence-electron chi connectivity index (χ4n) is 1.89. The molecule has 1 N–H and O–H groups in total. The molecule has 0 saturated heterocycles. The van der Waals surface area contributed by atoms with Crippen molar-refractivity contribution in [3.63, 3.8) is 0 Å². The Balaban J connectivity index is 2.62. The third-order valence-corrected chi connectivity index (χ3v) is 3.90. The Hall–Kier alpha value is -1.65. The van der Waals surface area contributed by atoms with Crippen LogP contribution in [0.4, 0.5) is 0 Å². The lowest BCUT2D eigenvalue weighted by atomic mass is 9.97. The molecule has 94 valence electrons. The average molecular weight is 262 g/mol. The van der Waals surface area contributed by atoms with Gasteiger partial charge < -0.3 is 0 Å². The maximum Gasteiger partial charge on any atom is 0.294 e. The van der Waals surface area contributed by atoms with Gasteiger partial charge in [0.15, 0.2) is 0 Å². The van der Waals surface area contributed by atoms with Crippen molar-refractivity contribution in [3.05, 3.63) is 53.6 Å². The molecule has 4 heteroatoms. The summed E-state index contributed by atoms with van der Waals surface area (Å²) in [5.41, 5.74) is 4.00. The van der Waals surface area contributed by atoms with Gasteiger partial charge >= 0.3 is 0 Å². The van der Waals surface area contributed by atoms with E-state index in [4.69, 9.17) is 4.55 Å². The first-order valence-electron chi connectivity index (χ1n) is 5.54. The lowest BCUT2D eigenvalue weighted by molar-refractivity contribution is 0.483. The zero-order valence-electron chi connectivity index (χ0n) is 10.2. The summed E-state index contributed by atoms with van der Waals surface area (Å²) in [6.45, 7) is 4.00. The van der Waals surface area contributed by atoms with E-state index in [9.17, 15) is 8.42 Å². The van der Waals surface area contributed by atoms with Gasteiger partial charge in [-0.15, -0.1) is 0 Å². The summed E-state index contributed by atoms with van der Waals surface area (Å²) in [5, 5.41) is 0. The SMILES string of the molecule is Cc1cccc(-c2cccc(S(=O)(=O)O)c2)c1C. The molecule has 18 heavy (non-hydrogen) atoms. The molecule has 2 aromatic rings. The second-order valence-corrected chi connectivity index (χ2v) is 5.67. The molecule has 0 amide bonds. The summed E-state index contributed by atoms with van der Waals surface area (Å²) in [7, 11) is -4.16. The Bertz CT molecular complexity index is 688. The third kappa shape index (κ3) is 2.44. The molecule has 0 aliphatic rings. The van der Waals surface area contributed by atoms with Crippen LogP contribution >= 0.6 is 0 Å². The highest BCUT2D eigenvalue weighted by molar-refractivity contribution is 7.85. The highest BCUT2D eigenvalue weighted by Crippen LogP contribution is 2.27. The highest BCUT2D eigenvalue weighted by Gasteiger charge is 2.11. The Kier molecular flexibility index (Phi) is 3.24. The van der Waals surface area contributed by atoms with Crippen molar-refractivity contribution in [2.75, 3.05) is 0 Å². The third-order valence-electron chi connectivity index (χ3n) is 3.05. The number of hydrogen-bond acceptors (Lipinski definition) is 2. The van der Waals surface area contributed by atoms with E-state index in [0.29, 0.717) is 0 Å². The quantitative estimate of drug-likeness (QED) is 0.845. The number of rotatable bonds is 2. The first-order chi connectivity index (χ1) is 8.39. The number of hydrogen-bond donors (Lipinski definition) is 1. The Morgan fingerprint density at radius 1 is 1.00 bits per heavy atom. The van der Waals surface area contributed by atoms with Gasteiger partial charge in [-0.2, -0.15) is 8.42 Å². The zero-order chi connectivity index (χ0) is 13.3. The van der Waals surface area contributed by atoms with E-state index in [0.717, 1.165) is 22.3 Å². The predicted octanol–water partition coefficient (Wildman–Crippen LogP) is 3.22. The van der Waals surface area contributed by atoms with E-state index in [1.807, 2.05) is 38.1 Å². The molecule has 0 aromatic heterocycles. The zero-order valence-corrected chi connectivity index (χ0v) is 11.0. The van der Waals surface area contributed by atoms with Crippen molar-refractivity contribution in [3.8, 4) is 11.1 Å². The van der Waals surface area contributed by atoms with Gasteiger partial charge in [0.25, 0.3) is 10.1 Å². The minimum absolute atomic E-state index is 0.0825. The van der Waals surface area contributed by atoms with Crippen molar-refractivity contribution in [1.29, 1.82) is 0 Å². The molecule has 2 rings (SSSR count). The van der Waals surface area contributed by atoms with Crippen molar-refractivity contribution >= 4 is 10.1 Å². The van der Waals surface area contributed by atoms with E-state index in [2.05, 4.69) is 0 Å². The largest absolute Gasteiger partial charge is 0.294 e. The second kappa shape index (κ2) is 4.55. The van der Waals surface area contributed by atoms with Crippen LogP contribution in [-0.2, 0) is 10.1 Å². The van der Waals surface area contributed by atoms with Crippen LogP contribution in [0, 0.1) is 13.8 Å². The van der Waals surface area contributed by atoms with Crippen LogP contribution in [0.2, 0.25) is 0 Å². The van der Waals surface area contributed by atoms with E-state index >= 15 is 0 Å². The normalized spacial score (nSPS) is 11.5. The Labute approximate surface area is 107 Å². The molecular formula is C14H14O3S. The lowest BCUT2D eigenvalue weighted by Crippen LogP contribution is -1.98. The first kappa shape index (κ1) is 12.8. The number of aryl methyl sites for hydroxylation is 1. The second-order valence-electron chi connectivity index (χ2n) is 4.25. The molecule has 0 radical (unpaired) electrons. The predicted molar refractivity (Wildman–Crippen MR) is 71.2 cm³/mol. The molecule has 3 nitrogen and oxygen atoms in total. The first-order valence-corrected chi connectivity index (χ1v) is 6.98. The van der Waals surface area contributed by atoms with E-state index in [-0.39, 0.29) is 4.90 Å². The van der Waals surface area contributed by atoms with Crippen LogP contribution in [-0.4, -0.2) is 13.0 Å². The molecular weight excluding hydrogens is 248 g/mol. The molecule has 0 unspecified atom stereocenters. The summed E-state index contributed by atoms with van der Waals surface area (Å²) in [6.07, 6.45) is 0. The summed E-state index contributed by atoms with van der Waals surface area (Å²) >= 11 is 0. The fraction of sp³-hybridized carbons (Fsp3) is 0.143. The van der Waals surface area contributed by atoms with Crippen LogP contribution in [0.25, 0.3) is 11.1 Å². The van der Waals surface area contributed by atoms with Crippen LogP contribution in [0.1, 0.15) is 11.1 Å². The summed E-state index contributed by atoms with van der Waals surface area (Å²) in [6, 6.07) is 12.2. The highest BCUT2D eigenvalue weighted by atomic mass is 32.2. The standard InChI is InChI=1S/C14H14O3S/c1-10-5-3-8-14(11(10)2)12-6-4-7-13(9-12)18(15,16)17/h3-9H,1-2H3,(H,15,16,17). The molecule has 0 heterocycles. The summed E-state index contributed by atoms with van der Waals surface area (Å²) < 4.78 is 31.3. The maximum absolute atomic E-state index is 11.1. The van der Waals surface area contributed by atoms with Gasteiger partial charge in [0.2, 0.25) is 0 Å². The maximum atomic E-state index is 11.1. The Morgan fingerprint density at radius 3 is 2.33 bits per heavy atom. The molecule has 2 aromatic carbocycles. The van der Waals surface area contributed by atoms with E-state index in [1.165, 1.54) is 12.1 Å². The molecule has 0 aliphatic heterocycles. The van der Waals surface area contributed by atoms with Crippen LogP contribution in [0.3, 0.4) is 0 Å². The summed E-state index contributed by atoms with van der Waals surface area (Å²) in [5.74, 6) is 0. The van der Waals surface area contributed by atoms with Gasteiger partial charge in [0, 0.05) is 0 Å². The lowest BCUT2D eigenvalue weighted by Gasteiger charge is -2.09. The van der Waals surface area contributed by atoms with Gasteiger partial charge in [-0.3, -0.25) is 4.55 Å².